The van der Waals surface area contributed by atoms with Crippen LogP contribution in [-0.4, -0.2) is 64.8 Å². The summed E-state index contributed by atoms with van der Waals surface area (Å²) in [7, 11) is 3.60. The molecule has 0 fully saturated rings. The summed E-state index contributed by atoms with van der Waals surface area (Å²) < 4.78 is 0. The minimum Gasteiger partial charge on any atom is -0.354 e. The van der Waals surface area contributed by atoms with E-state index in [-0.39, 0.29) is 12.5 Å². The van der Waals surface area contributed by atoms with Gasteiger partial charge < -0.3 is 15.4 Å². The van der Waals surface area contributed by atoms with E-state index in [2.05, 4.69) is 34.8 Å². The average molecular weight is 485 g/mol. The molecule has 0 aromatic heterocycles. The minimum atomic E-state index is -0.436. The summed E-state index contributed by atoms with van der Waals surface area (Å²) >= 11 is 0. The van der Waals surface area contributed by atoms with Crippen molar-refractivity contribution in [2.75, 3.05) is 33.8 Å². The van der Waals surface area contributed by atoms with Gasteiger partial charge in [0, 0.05) is 19.2 Å². The highest BCUT2D eigenvalue weighted by molar-refractivity contribution is 5.80. The van der Waals surface area contributed by atoms with Gasteiger partial charge in [0.05, 0.1) is 0 Å². The number of amides is 2. The Balaban J connectivity index is -0.000000391. The lowest BCUT2D eigenvalue weighted by molar-refractivity contribution is -0.136. The second-order valence-electron chi connectivity index (χ2n) is 7.80. The first-order valence-electron chi connectivity index (χ1n) is 11.1. The van der Waals surface area contributed by atoms with Crippen LogP contribution < -0.4 is 21.6 Å². The Morgan fingerprint density at radius 1 is 1.00 bits per heavy atom. The number of benzene rings is 1. The molecule has 1 rings (SSSR count). The van der Waals surface area contributed by atoms with Crippen molar-refractivity contribution in [3.05, 3.63) is 35.4 Å². The number of hydroxylamine groups is 2. The summed E-state index contributed by atoms with van der Waals surface area (Å²) in [5.74, 6) is 1.17. The zero-order valence-corrected chi connectivity index (χ0v) is 21.8. The van der Waals surface area contributed by atoms with Crippen LogP contribution in [0.3, 0.4) is 0 Å². The standard InChI is InChI=1S/C8H18N2O2.C8H8O.C5H13N.C3H5NO3/c1-6(2)5-10-8(11)7(3)12-9-4;1-7-3-2-4-8(5-7)6-9;1-5(2)4-6-3;5-1-2-7-4-3-6/h6-7,9H,5H2,1-4H3,(H,10,11);2-6H,1H3;5-6H,4H2,1-3H3;1,3H,2H2,(H,4,6). The van der Waals surface area contributed by atoms with Crippen LogP contribution in [0.2, 0.25) is 0 Å². The van der Waals surface area contributed by atoms with Gasteiger partial charge >= 0.3 is 0 Å². The van der Waals surface area contributed by atoms with Crippen LogP contribution in [0, 0.1) is 18.8 Å². The molecule has 0 aliphatic carbocycles. The molecule has 0 bridgehead atoms. The van der Waals surface area contributed by atoms with Crippen LogP contribution in [0.15, 0.2) is 24.3 Å². The fraction of sp³-hybridized carbons (Fsp3) is 0.583. The number of hydrogen-bond acceptors (Lipinski definition) is 8. The van der Waals surface area contributed by atoms with Crippen molar-refractivity contribution in [3.63, 3.8) is 0 Å². The fourth-order valence-corrected chi connectivity index (χ4v) is 1.95. The Bertz CT molecular complexity index is 634. The number of carbonyl (C=O) groups is 4. The summed E-state index contributed by atoms with van der Waals surface area (Å²) in [5, 5.41) is 5.83. The molecule has 1 aromatic rings. The number of rotatable bonds is 12. The lowest BCUT2D eigenvalue weighted by Gasteiger charge is -2.12. The molecule has 34 heavy (non-hydrogen) atoms. The summed E-state index contributed by atoms with van der Waals surface area (Å²) in [4.78, 5) is 49.1. The van der Waals surface area contributed by atoms with Gasteiger partial charge in [-0.25, -0.2) is 11.0 Å². The van der Waals surface area contributed by atoms with Gasteiger partial charge in [0.15, 0.2) is 6.10 Å². The van der Waals surface area contributed by atoms with Crippen molar-refractivity contribution in [2.24, 2.45) is 11.8 Å². The first kappa shape index (κ1) is 35.9. The lowest BCUT2D eigenvalue weighted by atomic mass is 10.2. The molecule has 2 amide bonds. The molecule has 0 heterocycles. The number of nitrogens with one attached hydrogen (secondary N) is 4. The van der Waals surface area contributed by atoms with Gasteiger partial charge in [0.25, 0.3) is 5.91 Å². The van der Waals surface area contributed by atoms with E-state index in [4.69, 9.17) is 4.84 Å². The highest BCUT2D eigenvalue weighted by Crippen LogP contribution is 1.99. The molecular formula is C24H44N4O6. The van der Waals surface area contributed by atoms with Crippen LogP contribution >= 0.6 is 0 Å². The molecule has 4 N–H and O–H groups in total. The van der Waals surface area contributed by atoms with E-state index in [0.29, 0.717) is 25.2 Å². The highest BCUT2D eigenvalue weighted by Gasteiger charge is 2.12. The molecule has 10 nitrogen and oxygen atoms in total. The maximum absolute atomic E-state index is 11.2. The van der Waals surface area contributed by atoms with Crippen molar-refractivity contribution >= 4 is 24.9 Å². The zero-order chi connectivity index (χ0) is 26.8. The number of aldehydes is 2. The Hall–Kier alpha value is -2.66. The Morgan fingerprint density at radius 3 is 1.97 bits per heavy atom. The van der Waals surface area contributed by atoms with E-state index in [9.17, 15) is 19.2 Å². The number of hydrogen-bond donors (Lipinski definition) is 4. The van der Waals surface area contributed by atoms with E-state index >= 15 is 0 Å². The summed E-state index contributed by atoms with van der Waals surface area (Å²) in [6.07, 6.45) is 1.31. The predicted octanol–water partition coefficient (Wildman–Crippen LogP) is 1.83. The normalized spacial score (nSPS) is 10.3. The quantitative estimate of drug-likeness (QED) is 0.200. The van der Waals surface area contributed by atoms with Crippen molar-refractivity contribution in [1.29, 1.82) is 0 Å². The van der Waals surface area contributed by atoms with Crippen molar-refractivity contribution in [2.45, 2.75) is 47.6 Å². The SMILES string of the molecule is CNCC(C)C.CNOC(C)C(=O)NCC(C)C.Cc1cccc(C=O)c1.O=CCONC=O. The molecule has 1 aromatic carbocycles. The molecule has 0 saturated heterocycles. The minimum absolute atomic E-state index is 0.0851. The summed E-state index contributed by atoms with van der Waals surface area (Å²) in [6.45, 7) is 13.9. The smallest absolute Gasteiger partial charge is 0.250 e. The van der Waals surface area contributed by atoms with E-state index in [1.807, 2.05) is 51.5 Å². The lowest BCUT2D eigenvalue weighted by Crippen LogP contribution is -2.38. The molecule has 0 radical (unpaired) electrons. The second kappa shape index (κ2) is 26.6. The van der Waals surface area contributed by atoms with Crippen LogP contribution in [0.4, 0.5) is 0 Å². The average Bonchev–Trinajstić information content (AvgIpc) is 2.79. The van der Waals surface area contributed by atoms with Gasteiger partial charge in [0.1, 0.15) is 19.2 Å². The van der Waals surface area contributed by atoms with Crippen molar-refractivity contribution in [1.82, 2.24) is 21.6 Å². The highest BCUT2D eigenvalue weighted by atomic mass is 16.7. The Kier molecular flexibility index (Phi) is 28.1. The maximum atomic E-state index is 11.2. The van der Waals surface area contributed by atoms with Gasteiger partial charge in [-0.15, -0.1) is 0 Å². The number of aryl methyl sites for hydroxylation is 1. The zero-order valence-electron chi connectivity index (χ0n) is 21.8. The third-order valence-corrected chi connectivity index (χ3v) is 3.42. The van der Waals surface area contributed by atoms with Gasteiger partial charge in [-0.2, -0.15) is 0 Å². The van der Waals surface area contributed by atoms with Crippen LogP contribution in [-0.2, 0) is 24.1 Å². The first-order valence-corrected chi connectivity index (χ1v) is 11.1. The van der Waals surface area contributed by atoms with Gasteiger partial charge in [-0.1, -0.05) is 51.5 Å². The first-order chi connectivity index (χ1) is 16.1. The van der Waals surface area contributed by atoms with E-state index in [1.54, 1.807) is 20.0 Å². The molecule has 0 saturated carbocycles. The molecule has 1 unspecified atom stereocenters. The Morgan fingerprint density at radius 2 is 1.62 bits per heavy atom. The molecule has 196 valence electrons. The van der Waals surface area contributed by atoms with Gasteiger partial charge in [0.2, 0.25) is 6.41 Å². The van der Waals surface area contributed by atoms with Crippen LogP contribution in [0.5, 0.6) is 0 Å². The van der Waals surface area contributed by atoms with Gasteiger partial charge in [-0.3, -0.25) is 24.1 Å². The molecular weight excluding hydrogens is 440 g/mol. The fourth-order valence-electron chi connectivity index (χ4n) is 1.95. The predicted molar refractivity (Wildman–Crippen MR) is 134 cm³/mol. The van der Waals surface area contributed by atoms with Crippen molar-refractivity contribution in [3.8, 4) is 0 Å². The van der Waals surface area contributed by atoms with E-state index in [0.717, 1.165) is 29.9 Å². The van der Waals surface area contributed by atoms with Crippen LogP contribution in [0.1, 0.15) is 50.5 Å². The van der Waals surface area contributed by atoms with Crippen LogP contribution in [0.25, 0.3) is 0 Å². The molecule has 1 atom stereocenters. The number of carbonyl (C=O) groups excluding carboxylic acids is 4. The topological polar surface area (TPSA) is 135 Å². The molecule has 0 aliphatic heterocycles. The maximum Gasteiger partial charge on any atom is 0.250 e. The Labute approximate surface area is 204 Å². The molecule has 0 aliphatic rings. The summed E-state index contributed by atoms with van der Waals surface area (Å²) in [6, 6.07) is 7.49. The largest absolute Gasteiger partial charge is 0.354 e. The van der Waals surface area contributed by atoms with E-state index in [1.165, 1.54) is 0 Å². The monoisotopic (exact) mass is 484 g/mol. The third-order valence-electron chi connectivity index (χ3n) is 3.42. The van der Waals surface area contributed by atoms with Gasteiger partial charge in [-0.05, 0) is 45.3 Å². The molecule has 10 heteroatoms. The van der Waals surface area contributed by atoms with E-state index < -0.39 is 6.10 Å². The third kappa shape index (κ3) is 29.3. The summed E-state index contributed by atoms with van der Waals surface area (Å²) in [5.41, 5.74) is 6.18. The van der Waals surface area contributed by atoms with Crippen molar-refractivity contribution < 1.29 is 28.9 Å². The second-order valence-corrected chi connectivity index (χ2v) is 7.80. The molecule has 0 spiro atoms.